The van der Waals surface area contributed by atoms with Gasteiger partial charge in [0.05, 0.1) is 5.52 Å². The molecular formula is C14H12N2. The van der Waals surface area contributed by atoms with Crippen LogP contribution in [0.3, 0.4) is 0 Å². The van der Waals surface area contributed by atoms with Crippen molar-refractivity contribution in [2.75, 3.05) is 0 Å². The first-order valence-electron chi connectivity index (χ1n) is 5.37. The molecule has 0 N–H and O–H groups in total. The number of nitrogens with zero attached hydrogens (tertiary/aromatic N) is 2. The van der Waals surface area contributed by atoms with Gasteiger partial charge in [-0.05, 0) is 29.8 Å². The molecule has 0 saturated heterocycles. The van der Waals surface area contributed by atoms with Crippen LogP contribution in [0.4, 0.5) is 0 Å². The van der Waals surface area contributed by atoms with Gasteiger partial charge in [-0.25, -0.2) is 0 Å². The van der Waals surface area contributed by atoms with Crippen molar-refractivity contribution < 1.29 is 0 Å². The lowest BCUT2D eigenvalue weighted by Gasteiger charge is -2.06. The number of para-hydroxylation sites is 1. The summed E-state index contributed by atoms with van der Waals surface area (Å²) in [4.78, 5) is 4.36. The smallest absolute Gasteiger partial charge is 0.0705 e. The summed E-state index contributed by atoms with van der Waals surface area (Å²) in [6, 6.07) is 14.4. The van der Waals surface area contributed by atoms with E-state index < -0.39 is 0 Å². The number of hydrogen-bond donors (Lipinski definition) is 0. The maximum absolute atomic E-state index is 4.36. The zero-order valence-corrected chi connectivity index (χ0v) is 8.88. The molecule has 16 heavy (non-hydrogen) atoms. The minimum atomic E-state index is 0.899. The molecule has 2 nitrogen and oxygen atoms in total. The zero-order chi connectivity index (χ0) is 10.8. The van der Waals surface area contributed by atoms with E-state index >= 15 is 0 Å². The van der Waals surface area contributed by atoms with Gasteiger partial charge in [0.25, 0.3) is 0 Å². The van der Waals surface area contributed by atoms with E-state index in [9.17, 15) is 0 Å². The van der Waals surface area contributed by atoms with Gasteiger partial charge >= 0.3 is 0 Å². The van der Waals surface area contributed by atoms with Crippen molar-refractivity contribution in [1.29, 1.82) is 0 Å². The molecular weight excluding hydrogens is 196 g/mol. The van der Waals surface area contributed by atoms with Crippen LogP contribution in [0.5, 0.6) is 0 Å². The van der Waals surface area contributed by atoms with Crippen molar-refractivity contribution in [1.82, 2.24) is 9.55 Å². The molecule has 0 atom stereocenters. The highest BCUT2D eigenvalue weighted by Crippen LogP contribution is 2.17. The Bertz CT molecular complexity index is 592. The van der Waals surface area contributed by atoms with Crippen LogP contribution in [-0.4, -0.2) is 9.55 Å². The lowest BCUT2D eigenvalue weighted by molar-refractivity contribution is 0.811. The molecule has 0 aliphatic rings. The number of hydrogen-bond acceptors (Lipinski definition) is 1. The van der Waals surface area contributed by atoms with E-state index in [1.54, 1.807) is 0 Å². The monoisotopic (exact) mass is 208 g/mol. The van der Waals surface area contributed by atoms with Gasteiger partial charge in [0, 0.05) is 30.5 Å². The molecule has 0 unspecified atom stereocenters. The summed E-state index contributed by atoms with van der Waals surface area (Å²) in [5.74, 6) is 0. The predicted octanol–water partition coefficient (Wildman–Crippen LogP) is 3.08. The van der Waals surface area contributed by atoms with Gasteiger partial charge in [0.1, 0.15) is 0 Å². The molecule has 2 heterocycles. The second kappa shape index (κ2) is 3.81. The standard InChI is InChI=1S/C14H12N2/c1-2-6-14-13(5-1)12(7-8-15-14)11-16-9-3-4-10-16/h1-10H,11H2. The molecule has 2 heteroatoms. The van der Waals surface area contributed by atoms with E-state index in [1.807, 2.05) is 24.4 Å². The summed E-state index contributed by atoms with van der Waals surface area (Å²) in [5, 5.41) is 1.23. The maximum Gasteiger partial charge on any atom is 0.0705 e. The fourth-order valence-corrected chi connectivity index (χ4v) is 1.97. The fourth-order valence-electron chi connectivity index (χ4n) is 1.97. The molecule has 0 spiro atoms. The third-order valence-electron chi connectivity index (χ3n) is 2.76. The van der Waals surface area contributed by atoms with Crippen molar-refractivity contribution in [2.24, 2.45) is 0 Å². The minimum Gasteiger partial charge on any atom is -0.350 e. The molecule has 0 bridgehead atoms. The molecule has 0 saturated carbocycles. The van der Waals surface area contributed by atoms with Crippen LogP contribution in [0.15, 0.2) is 61.1 Å². The first-order valence-corrected chi connectivity index (χ1v) is 5.37. The summed E-state index contributed by atoms with van der Waals surface area (Å²) in [6.07, 6.45) is 6.03. The molecule has 0 aliphatic carbocycles. The van der Waals surface area contributed by atoms with Gasteiger partial charge in [-0.2, -0.15) is 0 Å². The summed E-state index contributed by atoms with van der Waals surface area (Å²) < 4.78 is 2.17. The lowest BCUT2D eigenvalue weighted by Crippen LogP contribution is -1.97. The predicted molar refractivity (Wildman–Crippen MR) is 65.3 cm³/mol. The van der Waals surface area contributed by atoms with Crippen molar-refractivity contribution in [2.45, 2.75) is 6.54 Å². The van der Waals surface area contributed by atoms with Crippen molar-refractivity contribution >= 4 is 10.9 Å². The van der Waals surface area contributed by atoms with E-state index in [4.69, 9.17) is 0 Å². The van der Waals surface area contributed by atoms with Crippen molar-refractivity contribution in [3.05, 3.63) is 66.6 Å². The molecule has 3 rings (SSSR count). The van der Waals surface area contributed by atoms with Crippen molar-refractivity contribution in [3.8, 4) is 0 Å². The first-order chi connectivity index (χ1) is 7.93. The average molecular weight is 208 g/mol. The molecule has 0 aliphatic heterocycles. The van der Waals surface area contributed by atoms with Gasteiger partial charge in [0.2, 0.25) is 0 Å². The number of benzene rings is 1. The Balaban J connectivity index is 2.10. The topological polar surface area (TPSA) is 17.8 Å². The van der Waals surface area contributed by atoms with Gasteiger partial charge in [-0.1, -0.05) is 18.2 Å². The number of rotatable bonds is 2. The molecule has 78 valence electrons. The minimum absolute atomic E-state index is 0.899. The van der Waals surface area contributed by atoms with Crippen LogP contribution in [0.25, 0.3) is 10.9 Å². The average Bonchev–Trinajstić information content (AvgIpc) is 2.82. The number of fused-ring (bicyclic) bond motifs is 1. The Morgan fingerprint density at radius 1 is 0.938 bits per heavy atom. The van der Waals surface area contributed by atoms with Crippen LogP contribution in [0.1, 0.15) is 5.56 Å². The van der Waals surface area contributed by atoms with Crippen LogP contribution in [-0.2, 0) is 6.54 Å². The maximum atomic E-state index is 4.36. The normalized spacial score (nSPS) is 10.8. The Morgan fingerprint density at radius 2 is 1.75 bits per heavy atom. The number of aromatic nitrogens is 2. The lowest BCUT2D eigenvalue weighted by atomic mass is 10.1. The van der Waals surface area contributed by atoms with Gasteiger partial charge in [-0.15, -0.1) is 0 Å². The summed E-state index contributed by atoms with van der Waals surface area (Å²) in [6.45, 7) is 0.899. The highest BCUT2D eigenvalue weighted by Gasteiger charge is 2.00. The van der Waals surface area contributed by atoms with Crippen LogP contribution < -0.4 is 0 Å². The van der Waals surface area contributed by atoms with Crippen molar-refractivity contribution in [3.63, 3.8) is 0 Å². The van der Waals surface area contributed by atoms with E-state index in [0.717, 1.165) is 12.1 Å². The summed E-state index contributed by atoms with van der Waals surface area (Å²) in [7, 11) is 0. The second-order valence-corrected chi connectivity index (χ2v) is 3.84. The number of pyridine rings is 1. The summed E-state index contributed by atoms with van der Waals surface area (Å²) >= 11 is 0. The molecule has 1 aromatic carbocycles. The Kier molecular flexibility index (Phi) is 2.18. The van der Waals surface area contributed by atoms with Crippen LogP contribution in [0, 0.1) is 0 Å². The Morgan fingerprint density at radius 3 is 2.62 bits per heavy atom. The van der Waals surface area contributed by atoms with Gasteiger partial charge in [-0.3, -0.25) is 4.98 Å². The third kappa shape index (κ3) is 1.58. The quantitative estimate of drug-likeness (QED) is 0.632. The van der Waals surface area contributed by atoms with E-state index in [-0.39, 0.29) is 0 Å². The van der Waals surface area contributed by atoms with Crippen LogP contribution >= 0.6 is 0 Å². The SMILES string of the molecule is c1ccc2c(Cn3cccc3)ccnc2c1. The van der Waals surface area contributed by atoms with E-state index in [0.29, 0.717) is 0 Å². The molecule has 2 aromatic heterocycles. The highest BCUT2D eigenvalue weighted by molar-refractivity contribution is 5.81. The highest BCUT2D eigenvalue weighted by atomic mass is 14.9. The van der Waals surface area contributed by atoms with Crippen LogP contribution in [0.2, 0.25) is 0 Å². The Hall–Kier alpha value is -2.09. The summed E-state index contributed by atoms with van der Waals surface area (Å²) in [5.41, 5.74) is 2.37. The third-order valence-corrected chi connectivity index (χ3v) is 2.76. The Labute approximate surface area is 94.2 Å². The molecule has 0 amide bonds. The van der Waals surface area contributed by atoms with Gasteiger partial charge < -0.3 is 4.57 Å². The molecule has 0 radical (unpaired) electrons. The van der Waals surface area contributed by atoms with Gasteiger partial charge in [0.15, 0.2) is 0 Å². The first kappa shape index (κ1) is 9.16. The van der Waals surface area contributed by atoms with E-state index in [2.05, 4.69) is 46.2 Å². The largest absolute Gasteiger partial charge is 0.350 e. The zero-order valence-electron chi connectivity index (χ0n) is 8.88. The molecule has 0 fully saturated rings. The second-order valence-electron chi connectivity index (χ2n) is 3.84. The van der Waals surface area contributed by atoms with E-state index in [1.165, 1.54) is 10.9 Å². The fraction of sp³-hybridized carbons (Fsp3) is 0.0714. The molecule has 3 aromatic rings.